The maximum absolute atomic E-state index is 11.9. The number of hydrogen-bond donors (Lipinski definition) is 2. The maximum atomic E-state index is 11.9. The van der Waals surface area contributed by atoms with Gasteiger partial charge in [-0.3, -0.25) is 4.79 Å². The Bertz CT molecular complexity index is 438. The van der Waals surface area contributed by atoms with E-state index in [0.29, 0.717) is 21.5 Å². The van der Waals surface area contributed by atoms with Crippen molar-refractivity contribution < 1.29 is 9.90 Å². The summed E-state index contributed by atoms with van der Waals surface area (Å²) in [5.41, 5.74) is -0.900. The molecule has 0 spiro atoms. The van der Waals surface area contributed by atoms with Crippen LogP contribution in [0.1, 0.15) is 13.8 Å². The van der Waals surface area contributed by atoms with Crippen LogP contribution < -0.4 is 5.32 Å². The lowest BCUT2D eigenvalue weighted by atomic mass is 10.1. The fourth-order valence-electron chi connectivity index (χ4n) is 1.21. The van der Waals surface area contributed by atoms with E-state index < -0.39 is 11.5 Å². The van der Waals surface area contributed by atoms with Crippen LogP contribution in [0.3, 0.4) is 0 Å². The van der Waals surface area contributed by atoms with E-state index in [0.717, 1.165) is 5.75 Å². The lowest BCUT2D eigenvalue weighted by Crippen LogP contribution is -2.42. The molecule has 1 rings (SSSR count). The van der Waals surface area contributed by atoms with E-state index >= 15 is 0 Å². The van der Waals surface area contributed by atoms with Crippen LogP contribution in [0.25, 0.3) is 0 Å². The zero-order valence-electron chi connectivity index (χ0n) is 10.2. The highest BCUT2D eigenvalue weighted by molar-refractivity contribution is 7.99. The highest BCUT2D eigenvalue weighted by Crippen LogP contribution is 2.25. The Kier molecular flexibility index (Phi) is 5.79. The van der Waals surface area contributed by atoms with E-state index in [1.54, 1.807) is 18.2 Å². The molecule has 3 nitrogen and oxygen atoms in total. The van der Waals surface area contributed by atoms with Crippen molar-refractivity contribution in [1.29, 1.82) is 0 Å². The van der Waals surface area contributed by atoms with Gasteiger partial charge in [0.2, 0.25) is 0 Å². The number of carbonyl (C=O) groups excluding carboxylic acids is 1. The minimum atomic E-state index is -1.41. The van der Waals surface area contributed by atoms with Gasteiger partial charge in [0.25, 0.3) is 5.91 Å². The van der Waals surface area contributed by atoms with Crippen molar-refractivity contribution in [3.8, 4) is 0 Å². The Morgan fingerprint density at radius 3 is 2.67 bits per heavy atom. The molecule has 0 fully saturated rings. The van der Waals surface area contributed by atoms with Crippen molar-refractivity contribution in [2.24, 2.45) is 0 Å². The third-order valence-electron chi connectivity index (χ3n) is 2.25. The van der Waals surface area contributed by atoms with Crippen LogP contribution in [0.4, 0.5) is 5.69 Å². The molecule has 100 valence electrons. The molecule has 0 aromatic heterocycles. The number of amides is 1. The predicted octanol–water partition coefficient (Wildman–Crippen LogP) is 3.44. The van der Waals surface area contributed by atoms with Crippen molar-refractivity contribution in [2.75, 3.05) is 16.8 Å². The molecule has 0 aliphatic carbocycles. The number of rotatable bonds is 5. The number of hydrogen-bond acceptors (Lipinski definition) is 3. The molecule has 0 aliphatic heterocycles. The van der Waals surface area contributed by atoms with Gasteiger partial charge in [0.05, 0.1) is 10.0 Å². The van der Waals surface area contributed by atoms with E-state index in [2.05, 4.69) is 5.32 Å². The summed E-state index contributed by atoms with van der Waals surface area (Å²) in [6, 6.07) is 4.77. The number of thioether (sulfide) groups is 1. The van der Waals surface area contributed by atoms with Crippen molar-refractivity contribution >= 4 is 46.6 Å². The molecule has 1 aromatic rings. The Morgan fingerprint density at radius 2 is 2.11 bits per heavy atom. The number of anilines is 1. The summed E-state index contributed by atoms with van der Waals surface area (Å²) in [5.74, 6) is 0.731. The summed E-state index contributed by atoms with van der Waals surface area (Å²) >= 11 is 13.1. The lowest BCUT2D eigenvalue weighted by molar-refractivity contribution is -0.130. The molecule has 0 radical (unpaired) electrons. The molecular weight excluding hydrogens is 293 g/mol. The van der Waals surface area contributed by atoms with Gasteiger partial charge >= 0.3 is 0 Å². The van der Waals surface area contributed by atoms with Crippen LogP contribution >= 0.6 is 35.0 Å². The van der Waals surface area contributed by atoms with Gasteiger partial charge in [-0.25, -0.2) is 0 Å². The Hall–Kier alpha value is -0.420. The molecule has 0 aliphatic rings. The van der Waals surface area contributed by atoms with Crippen molar-refractivity contribution in [2.45, 2.75) is 19.4 Å². The van der Waals surface area contributed by atoms with E-state index in [1.807, 2.05) is 6.92 Å². The molecule has 1 aromatic carbocycles. The van der Waals surface area contributed by atoms with Gasteiger partial charge in [0.1, 0.15) is 5.60 Å². The SMILES string of the molecule is CCSCC(C)(O)C(=O)Nc1ccc(Cl)c(Cl)c1. The van der Waals surface area contributed by atoms with Gasteiger partial charge in [-0.05, 0) is 30.9 Å². The van der Waals surface area contributed by atoms with Crippen LogP contribution in [-0.4, -0.2) is 28.1 Å². The summed E-state index contributed by atoms with van der Waals surface area (Å²) in [6.07, 6.45) is 0. The summed E-state index contributed by atoms with van der Waals surface area (Å²) < 4.78 is 0. The lowest BCUT2D eigenvalue weighted by Gasteiger charge is -2.21. The highest BCUT2D eigenvalue weighted by atomic mass is 35.5. The fraction of sp³-hybridized carbons (Fsp3) is 0.417. The summed E-state index contributed by atoms with van der Waals surface area (Å²) in [5, 5.41) is 13.4. The number of halogens is 2. The normalized spacial score (nSPS) is 14.1. The Morgan fingerprint density at radius 1 is 1.44 bits per heavy atom. The van der Waals surface area contributed by atoms with Crippen molar-refractivity contribution in [1.82, 2.24) is 0 Å². The second kappa shape index (κ2) is 6.66. The second-order valence-corrected chi connectivity index (χ2v) is 6.08. The minimum Gasteiger partial charge on any atom is -0.379 e. The van der Waals surface area contributed by atoms with Gasteiger partial charge < -0.3 is 10.4 Å². The summed E-state index contributed by atoms with van der Waals surface area (Å²) in [7, 11) is 0. The number of aliphatic hydroxyl groups is 1. The third kappa shape index (κ3) is 4.35. The Labute approximate surface area is 121 Å². The number of benzene rings is 1. The number of carbonyl (C=O) groups is 1. The first kappa shape index (κ1) is 15.6. The monoisotopic (exact) mass is 307 g/mol. The first-order chi connectivity index (χ1) is 8.36. The van der Waals surface area contributed by atoms with Crippen LogP contribution in [0.15, 0.2) is 18.2 Å². The minimum absolute atomic E-state index is 0.344. The summed E-state index contributed by atoms with van der Waals surface area (Å²) in [4.78, 5) is 11.9. The molecule has 2 N–H and O–H groups in total. The zero-order chi connectivity index (χ0) is 13.8. The molecule has 6 heteroatoms. The van der Waals surface area contributed by atoms with E-state index in [-0.39, 0.29) is 0 Å². The highest BCUT2D eigenvalue weighted by Gasteiger charge is 2.29. The molecule has 0 bridgehead atoms. The van der Waals surface area contributed by atoms with Crippen LogP contribution in [0, 0.1) is 0 Å². The smallest absolute Gasteiger partial charge is 0.256 e. The van der Waals surface area contributed by atoms with Crippen molar-refractivity contribution in [3.63, 3.8) is 0 Å². The molecule has 1 atom stereocenters. The summed E-state index contributed by atoms with van der Waals surface area (Å²) in [6.45, 7) is 3.46. The molecule has 1 amide bonds. The second-order valence-electron chi connectivity index (χ2n) is 3.99. The third-order valence-corrected chi connectivity index (χ3v) is 4.17. The van der Waals surface area contributed by atoms with Crippen LogP contribution in [-0.2, 0) is 4.79 Å². The standard InChI is InChI=1S/C12H15Cl2NO2S/c1-3-18-7-12(2,17)11(16)15-8-4-5-9(13)10(14)6-8/h4-6,17H,3,7H2,1-2H3,(H,15,16). The van der Waals surface area contributed by atoms with Gasteiger partial charge in [-0.15, -0.1) is 0 Å². The fourth-order valence-corrected chi connectivity index (χ4v) is 2.24. The number of nitrogens with one attached hydrogen (secondary N) is 1. The first-order valence-electron chi connectivity index (χ1n) is 5.43. The van der Waals surface area contributed by atoms with Gasteiger partial charge in [0, 0.05) is 11.4 Å². The quantitative estimate of drug-likeness (QED) is 0.876. The topological polar surface area (TPSA) is 49.3 Å². The zero-order valence-corrected chi connectivity index (χ0v) is 12.5. The Balaban J connectivity index is 2.71. The average molecular weight is 308 g/mol. The molecule has 0 saturated carbocycles. The maximum Gasteiger partial charge on any atom is 0.256 e. The predicted molar refractivity (Wildman–Crippen MR) is 78.7 cm³/mol. The largest absolute Gasteiger partial charge is 0.379 e. The van der Waals surface area contributed by atoms with E-state index in [4.69, 9.17) is 23.2 Å². The molecule has 18 heavy (non-hydrogen) atoms. The van der Waals surface area contributed by atoms with Crippen LogP contribution in [0.5, 0.6) is 0 Å². The first-order valence-corrected chi connectivity index (χ1v) is 7.34. The van der Waals surface area contributed by atoms with Crippen LogP contribution in [0.2, 0.25) is 10.0 Å². The van der Waals surface area contributed by atoms with Gasteiger partial charge in [-0.2, -0.15) is 11.8 Å². The van der Waals surface area contributed by atoms with Crippen molar-refractivity contribution in [3.05, 3.63) is 28.2 Å². The molecule has 0 saturated heterocycles. The average Bonchev–Trinajstić information content (AvgIpc) is 2.31. The van der Waals surface area contributed by atoms with E-state index in [1.165, 1.54) is 18.7 Å². The molecule has 0 heterocycles. The van der Waals surface area contributed by atoms with Gasteiger partial charge in [0.15, 0.2) is 0 Å². The molecular formula is C12H15Cl2NO2S. The van der Waals surface area contributed by atoms with E-state index in [9.17, 15) is 9.90 Å². The van der Waals surface area contributed by atoms with Gasteiger partial charge in [-0.1, -0.05) is 30.1 Å². The molecule has 1 unspecified atom stereocenters.